The zero-order chi connectivity index (χ0) is 15.2. The molecule has 0 radical (unpaired) electrons. The van der Waals surface area contributed by atoms with Crippen LogP contribution in [0.2, 0.25) is 0 Å². The molecule has 120 valence electrons. The second-order valence-corrected chi connectivity index (χ2v) is 6.33. The lowest BCUT2D eigenvalue weighted by Crippen LogP contribution is -2.26. The van der Waals surface area contributed by atoms with Gasteiger partial charge in [0.05, 0.1) is 0 Å². The van der Waals surface area contributed by atoms with Crippen LogP contribution in [0.5, 0.6) is 11.5 Å². The summed E-state index contributed by atoms with van der Waals surface area (Å²) >= 11 is 0. The molecule has 0 aromatic heterocycles. The van der Waals surface area contributed by atoms with Crippen molar-refractivity contribution < 1.29 is 14.3 Å². The van der Waals surface area contributed by atoms with Crippen molar-refractivity contribution in [3.05, 3.63) is 23.8 Å². The average Bonchev–Trinajstić information content (AvgIpc) is 3.02. The highest BCUT2D eigenvalue weighted by Crippen LogP contribution is 2.32. The Balaban J connectivity index is 1.34. The van der Waals surface area contributed by atoms with E-state index in [4.69, 9.17) is 9.47 Å². The molecule has 22 heavy (non-hydrogen) atoms. The third kappa shape index (κ3) is 4.15. The van der Waals surface area contributed by atoms with E-state index in [9.17, 15) is 4.79 Å². The maximum Gasteiger partial charge on any atom is 0.231 e. The van der Waals surface area contributed by atoms with Gasteiger partial charge in [-0.3, -0.25) is 4.79 Å². The zero-order valence-corrected chi connectivity index (χ0v) is 13.1. The third-order valence-corrected chi connectivity index (χ3v) is 4.68. The molecule has 1 heterocycles. The van der Waals surface area contributed by atoms with Crippen LogP contribution >= 0.6 is 0 Å². The van der Waals surface area contributed by atoms with Gasteiger partial charge in [0.25, 0.3) is 0 Å². The van der Waals surface area contributed by atoms with Crippen LogP contribution in [0.3, 0.4) is 0 Å². The lowest BCUT2D eigenvalue weighted by atomic mass is 9.86. The van der Waals surface area contributed by atoms with Crippen molar-refractivity contribution in [1.29, 1.82) is 0 Å². The highest BCUT2D eigenvalue weighted by atomic mass is 16.7. The van der Waals surface area contributed by atoms with E-state index in [0.717, 1.165) is 35.8 Å². The molecule has 1 aliphatic heterocycles. The largest absolute Gasteiger partial charge is 0.454 e. The van der Waals surface area contributed by atoms with E-state index in [1.54, 1.807) is 0 Å². The highest BCUT2D eigenvalue weighted by molar-refractivity contribution is 5.75. The molecule has 0 bridgehead atoms. The molecule has 4 heteroatoms. The maximum absolute atomic E-state index is 11.9. The molecule has 1 N–H and O–H groups in total. The molecule has 0 unspecified atom stereocenters. The molecule has 4 nitrogen and oxygen atoms in total. The number of hydrogen-bond acceptors (Lipinski definition) is 3. The lowest BCUT2D eigenvalue weighted by molar-refractivity contribution is -0.121. The molecule has 0 saturated heterocycles. The predicted molar refractivity (Wildman–Crippen MR) is 85.1 cm³/mol. The summed E-state index contributed by atoms with van der Waals surface area (Å²) in [4.78, 5) is 11.9. The summed E-state index contributed by atoms with van der Waals surface area (Å²) in [6, 6.07) is 5.96. The number of rotatable bonds is 6. The van der Waals surface area contributed by atoms with Crippen molar-refractivity contribution in [2.75, 3.05) is 13.3 Å². The van der Waals surface area contributed by atoms with Gasteiger partial charge in [-0.1, -0.05) is 38.2 Å². The Hall–Kier alpha value is -1.71. The molecule has 1 amide bonds. The summed E-state index contributed by atoms with van der Waals surface area (Å²) < 4.78 is 10.7. The minimum absolute atomic E-state index is 0.186. The second kappa shape index (κ2) is 7.52. The summed E-state index contributed by atoms with van der Waals surface area (Å²) in [5.41, 5.74) is 1.16. The summed E-state index contributed by atoms with van der Waals surface area (Å²) in [5, 5.41) is 3.03. The Morgan fingerprint density at radius 1 is 1.14 bits per heavy atom. The fourth-order valence-electron chi connectivity index (χ4n) is 3.34. The van der Waals surface area contributed by atoms with Crippen molar-refractivity contribution in [2.24, 2.45) is 5.92 Å². The van der Waals surface area contributed by atoms with Crippen LogP contribution in [0.1, 0.15) is 50.5 Å². The second-order valence-electron chi connectivity index (χ2n) is 6.33. The molecular formula is C18H25NO3. The Kier molecular flexibility index (Phi) is 5.20. The number of nitrogens with one attached hydrogen (secondary N) is 1. The minimum Gasteiger partial charge on any atom is -0.454 e. The molecule has 2 aliphatic rings. The standard InChI is InChI=1S/C18H25NO3/c20-18(9-7-14-4-2-1-3-5-14)19-11-10-15-6-8-16-17(12-15)22-13-21-16/h6,8,12,14H,1-5,7,9-11,13H2,(H,19,20). The van der Waals surface area contributed by atoms with Crippen LogP contribution < -0.4 is 14.8 Å². The van der Waals surface area contributed by atoms with Crippen molar-refractivity contribution in [1.82, 2.24) is 5.32 Å². The van der Waals surface area contributed by atoms with E-state index < -0.39 is 0 Å². The first-order chi connectivity index (χ1) is 10.8. The first kappa shape index (κ1) is 15.2. The van der Waals surface area contributed by atoms with Gasteiger partial charge in [0, 0.05) is 13.0 Å². The van der Waals surface area contributed by atoms with Gasteiger partial charge in [-0.25, -0.2) is 0 Å². The Bertz CT molecular complexity index is 509. The Morgan fingerprint density at radius 2 is 1.95 bits per heavy atom. The molecule has 1 aromatic rings. The van der Waals surface area contributed by atoms with Crippen molar-refractivity contribution in [3.8, 4) is 11.5 Å². The molecule has 1 fully saturated rings. The van der Waals surface area contributed by atoms with Gasteiger partial charge in [0.2, 0.25) is 12.7 Å². The van der Waals surface area contributed by atoms with E-state index in [1.165, 1.54) is 32.1 Å². The number of fused-ring (bicyclic) bond motifs is 1. The lowest BCUT2D eigenvalue weighted by Gasteiger charge is -2.20. The Labute approximate surface area is 132 Å². The number of benzene rings is 1. The van der Waals surface area contributed by atoms with Crippen molar-refractivity contribution in [2.45, 2.75) is 51.4 Å². The van der Waals surface area contributed by atoms with Crippen LogP contribution in [0.4, 0.5) is 0 Å². The average molecular weight is 303 g/mol. The molecule has 1 aromatic carbocycles. The number of hydrogen-bond donors (Lipinski definition) is 1. The van der Waals surface area contributed by atoms with Crippen LogP contribution in [-0.4, -0.2) is 19.2 Å². The fraction of sp³-hybridized carbons (Fsp3) is 0.611. The van der Waals surface area contributed by atoms with Crippen LogP contribution in [0.25, 0.3) is 0 Å². The molecule has 3 rings (SSSR count). The first-order valence-electron chi connectivity index (χ1n) is 8.46. The van der Waals surface area contributed by atoms with E-state index in [0.29, 0.717) is 19.8 Å². The minimum atomic E-state index is 0.186. The van der Waals surface area contributed by atoms with E-state index in [1.807, 2.05) is 18.2 Å². The van der Waals surface area contributed by atoms with Gasteiger partial charge < -0.3 is 14.8 Å². The summed E-state index contributed by atoms with van der Waals surface area (Å²) in [6.07, 6.45) is 9.23. The van der Waals surface area contributed by atoms with E-state index in [-0.39, 0.29) is 5.91 Å². The van der Waals surface area contributed by atoms with Crippen LogP contribution in [0, 0.1) is 5.92 Å². The van der Waals surface area contributed by atoms with Gasteiger partial charge in [0.1, 0.15) is 0 Å². The number of carbonyl (C=O) groups is 1. The highest BCUT2D eigenvalue weighted by Gasteiger charge is 2.15. The van der Waals surface area contributed by atoms with Crippen LogP contribution in [0.15, 0.2) is 18.2 Å². The molecule has 1 aliphatic carbocycles. The van der Waals surface area contributed by atoms with Crippen LogP contribution in [-0.2, 0) is 11.2 Å². The van der Waals surface area contributed by atoms with Gasteiger partial charge >= 0.3 is 0 Å². The predicted octanol–water partition coefficient (Wildman–Crippen LogP) is 3.43. The molecular weight excluding hydrogens is 278 g/mol. The summed E-state index contributed by atoms with van der Waals surface area (Å²) in [6.45, 7) is 0.986. The molecule has 1 saturated carbocycles. The van der Waals surface area contributed by atoms with Gasteiger partial charge in [0.15, 0.2) is 11.5 Å². The number of amides is 1. The van der Waals surface area contributed by atoms with Crippen molar-refractivity contribution in [3.63, 3.8) is 0 Å². The zero-order valence-electron chi connectivity index (χ0n) is 13.1. The fourth-order valence-corrected chi connectivity index (χ4v) is 3.34. The monoisotopic (exact) mass is 303 g/mol. The van der Waals surface area contributed by atoms with Crippen molar-refractivity contribution >= 4 is 5.91 Å². The van der Waals surface area contributed by atoms with E-state index >= 15 is 0 Å². The quantitative estimate of drug-likeness (QED) is 0.876. The molecule has 0 spiro atoms. The number of carbonyl (C=O) groups excluding carboxylic acids is 1. The third-order valence-electron chi connectivity index (χ3n) is 4.68. The first-order valence-corrected chi connectivity index (χ1v) is 8.46. The SMILES string of the molecule is O=C(CCC1CCCCC1)NCCc1ccc2c(c1)OCO2. The summed E-state index contributed by atoms with van der Waals surface area (Å²) in [5.74, 6) is 2.57. The smallest absolute Gasteiger partial charge is 0.231 e. The van der Waals surface area contributed by atoms with Gasteiger partial charge in [-0.2, -0.15) is 0 Å². The molecule has 0 atom stereocenters. The Morgan fingerprint density at radius 3 is 2.82 bits per heavy atom. The normalized spacial score (nSPS) is 17.5. The maximum atomic E-state index is 11.9. The number of ether oxygens (including phenoxy) is 2. The van der Waals surface area contributed by atoms with Gasteiger partial charge in [-0.05, 0) is 36.5 Å². The topological polar surface area (TPSA) is 47.6 Å². The van der Waals surface area contributed by atoms with E-state index in [2.05, 4.69) is 5.32 Å². The summed E-state index contributed by atoms with van der Waals surface area (Å²) in [7, 11) is 0. The van der Waals surface area contributed by atoms with Gasteiger partial charge in [-0.15, -0.1) is 0 Å².